The number of aliphatic hydroxyl groups is 16. The van der Waals surface area contributed by atoms with Crippen LogP contribution < -0.4 is 5.32 Å². The summed E-state index contributed by atoms with van der Waals surface area (Å²) in [6.45, 7) is 2.52. The molecule has 28 atom stereocenters. The van der Waals surface area contributed by atoms with Gasteiger partial charge in [-0.3, -0.25) is 4.79 Å². The predicted octanol–water partition coefficient (Wildman–Crippen LogP) is 0.985. The molecule has 5 saturated heterocycles. The van der Waals surface area contributed by atoms with Crippen molar-refractivity contribution in [2.75, 3.05) is 39.6 Å². The zero-order valence-corrected chi connectivity index (χ0v) is 57.3. The van der Waals surface area contributed by atoms with E-state index in [1.54, 1.807) is 6.08 Å². The fourth-order valence-corrected chi connectivity index (χ4v) is 13.3. The number of nitrogens with one attached hydrogen (secondary N) is 1. The summed E-state index contributed by atoms with van der Waals surface area (Å²) in [7, 11) is 0. The van der Waals surface area contributed by atoms with E-state index in [0.29, 0.717) is 12.8 Å². The summed E-state index contributed by atoms with van der Waals surface area (Å²) in [5.74, 6) is -2.36. The summed E-state index contributed by atoms with van der Waals surface area (Å²) in [6.07, 6.45) is -10.6. The molecule has 0 aromatic heterocycles. The van der Waals surface area contributed by atoms with Crippen molar-refractivity contribution in [3.63, 3.8) is 0 Å². The van der Waals surface area contributed by atoms with Gasteiger partial charge in [0, 0.05) is 24.7 Å². The fraction of sp³-hybridized carbons (Fsp3) is 0.956. The van der Waals surface area contributed by atoms with Gasteiger partial charge in [0.05, 0.1) is 70.1 Å². The van der Waals surface area contributed by atoms with E-state index in [1.165, 1.54) is 117 Å². The molecule has 17 N–H and O–H groups in total. The number of carbonyl (C=O) groups is 1. The van der Waals surface area contributed by atoms with E-state index < -0.39 is 211 Å². The Morgan fingerprint density at radius 1 is 0.469 bits per heavy atom. The number of aliphatic hydroxyl groups excluding tert-OH is 16. The van der Waals surface area contributed by atoms with Crippen LogP contribution >= 0.6 is 0 Å². The van der Waals surface area contributed by atoms with E-state index in [-0.39, 0.29) is 18.7 Å². The van der Waals surface area contributed by atoms with Gasteiger partial charge in [0.15, 0.2) is 31.5 Å². The molecule has 5 fully saturated rings. The topological polar surface area (TPSA) is 445 Å². The standard InChI is InChI=1S/C68H125NO27/c1-5-7-9-11-13-15-17-19-21-23-25-27-29-31-43(75)42(69-50(78)32-30-28-26-24-22-20-18-16-14-12-10-8-6-2)39-87-66-58(85)56(83)62(48(37-73)90-66)95-68-59(86)64(93-51-33-44(76)40(3)60(92-51)52(79)45(77)34-70)63(49(38-74)91-68)96-65-41(4)61(54(81)47(36-72)88-65)94-67-57(84)55(82)53(80)46(35-71)89-67/h29,31,40-49,51-68,70-77,79-86H,5-28,30,32-39H2,1-4H3,(H,69,78)/b31-29+/t40-,41?,42+,43-,44-,45-,46?,47?,48?,49?,51?,52-,53+,54+,55+,56-,57?,58?,59?,60?,61-,62-,63+,64-,65+,66-,67+,68+/m1/s1. The summed E-state index contributed by atoms with van der Waals surface area (Å²) in [5.41, 5.74) is 0. The zero-order valence-electron chi connectivity index (χ0n) is 57.3. The van der Waals surface area contributed by atoms with Crippen molar-refractivity contribution in [2.24, 2.45) is 11.8 Å². The molecule has 0 bridgehead atoms. The lowest BCUT2D eigenvalue weighted by Gasteiger charge is -2.51. The Hall–Kier alpha value is -1.83. The number of hydrogen-bond donors (Lipinski definition) is 17. The first-order chi connectivity index (χ1) is 46.2. The zero-order chi connectivity index (χ0) is 70.3. The van der Waals surface area contributed by atoms with Gasteiger partial charge in [-0.15, -0.1) is 0 Å². The average molecular weight is 1390 g/mol. The summed E-state index contributed by atoms with van der Waals surface area (Å²) < 4.78 is 60.8. The van der Waals surface area contributed by atoms with Crippen LogP contribution in [0.3, 0.4) is 0 Å². The summed E-state index contributed by atoms with van der Waals surface area (Å²) >= 11 is 0. The first-order valence-electron chi connectivity index (χ1n) is 36.2. The highest BCUT2D eigenvalue weighted by Crippen LogP contribution is 2.39. The molecule has 5 rings (SSSR count). The third-order valence-corrected chi connectivity index (χ3v) is 19.6. The van der Waals surface area contributed by atoms with Gasteiger partial charge in [-0.05, 0) is 19.3 Å². The molecule has 28 heteroatoms. The number of rotatable bonds is 47. The molecule has 0 radical (unpaired) electrons. The maximum Gasteiger partial charge on any atom is 0.220 e. The molecule has 0 aromatic carbocycles. The van der Waals surface area contributed by atoms with Gasteiger partial charge in [-0.1, -0.05) is 181 Å². The molecule has 564 valence electrons. The lowest BCUT2D eigenvalue weighted by Crippen LogP contribution is -2.67. The van der Waals surface area contributed by atoms with E-state index >= 15 is 0 Å². The lowest BCUT2D eigenvalue weighted by atomic mass is 9.87. The molecule has 28 nitrogen and oxygen atoms in total. The Bertz CT molecular complexity index is 2060. The minimum absolute atomic E-state index is 0.195. The van der Waals surface area contributed by atoms with Crippen molar-refractivity contribution in [1.29, 1.82) is 0 Å². The monoisotopic (exact) mass is 1390 g/mol. The summed E-state index contributed by atoms with van der Waals surface area (Å²) in [5, 5.41) is 178. The van der Waals surface area contributed by atoms with Crippen molar-refractivity contribution in [3.05, 3.63) is 12.2 Å². The molecule has 0 aliphatic carbocycles. The number of ether oxygens (including phenoxy) is 10. The van der Waals surface area contributed by atoms with E-state index in [0.717, 1.165) is 44.9 Å². The van der Waals surface area contributed by atoms with Crippen LogP contribution in [0, 0.1) is 11.8 Å². The maximum atomic E-state index is 13.5. The van der Waals surface area contributed by atoms with Crippen LogP contribution in [0.4, 0.5) is 0 Å². The van der Waals surface area contributed by atoms with E-state index in [9.17, 15) is 86.5 Å². The van der Waals surface area contributed by atoms with Crippen LogP contribution in [-0.4, -0.2) is 287 Å². The van der Waals surface area contributed by atoms with E-state index in [1.807, 2.05) is 6.08 Å². The number of amides is 1. The van der Waals surface area contributed by atoms with Gasteiger partial charge in [0.2, 0.25) is 5.91 Å². The van der Waals surface area contributed by atoms with Crippen molar-refractivity contribution < 1.29 is 134 Å². The van der Waals surface area contributed by atoms with Gasteiger partial charge in [0.1, 0.15) is 97.7 Å². The van der Waals surface area contributed by atoms with Gasteiger partial charge in [-0.25, -0.2) is 0 Å². The van der Waals surface area contributed by atoms with E-state index in [2.05, 4.69) is 19.2 Å². The van der Waals surface area contributed by atoms with Crippen LogP contribution in [0.25, 0.3) is 0 Å². The van der Waals surface area contributed by atoms with Crippen LogP contribution in [0.2, 0.25) is 0 Å². The Labute approximate surface area is 567 Å². The van der Waals surface area contributed by atoms with Crippen molar-refractivity contribution in [2.45, 2.75) is 361 Å². The normalized spacial score (nSPS) is 36.6. The molecule has 0 saturated carbocycles. The smallest absolute Gasteiger partial charge is 0.220 e. The Balaban J connectivity index is 1.30. The number of carbonyl (C=O) groups excluding carboxylic acids is 1. The second-order valence-corrected chi connectivity index (χ2v) is 27.3. The molecule has 0 aromatic rings. The molecule has 5 aliphatic heterocycles. The second-order valence-electron chi connectivity index (χ2n) is 27.3. The average Bonchev–Trinajstić information content (AvgIpc) is 0.775. The minimum Gasteiger partial charge on any atom is -0.394 e. The summed E-state index contributed by atoms with van der Waals surface area (Å²) in [4.78, 5) is 13.5. The molecule has 5 aliphatic rings. The number of unbranched alkanes of at least 4 members (excludes halogenated alkanes) is 23. The lowest BCUT2D eigenvalue weighted by molar-refractivity contribution is -0.396. The first-order valence-corrected chi connectivity index (χ1v) is 36.2. The molecule has 5 heterocycles. The van der Waals surface area contributed by atoms with Crippen molar-refractivity contribution in [1.82, 2.24) is 5.32 Å². The Morgan fingerprint density at radius 3 is 1.48 bits per heavy atom. The Morgan fingerprint density at radius 2 is 0.927 bits per heavy atom. The van der Waals surface area contributed by atoms with Crippen molar-refractivity contribution in [3.8, 4) is 0 Å². The maximum absolute atomic E-state index is 13.5. The van der Waals surface area contributed by atoms with Crippen LogP contribution in [0.15, 0.2) is 12.2 Å². The highest BCUT2D eigenvalue weighted by molar-refractivity contribution is 5.76. The van der Waals surface area contributed by atoms with Crippen LogP contribution in [-0.2, 0) is 52.2 Å². The van der Waals surface area contributed by atoms with Gasteiger partial charge in [-0.2, -0.15) is 0 Å². The second kappa shape index (κ2) is 46.0. The minimum atomic E-state index is -2.10. The molecule has 10 unspecified atom stereocenters. The van der Waals surface area contributed by atoms with Gasteiger partial charge in [0.25, 0.3) is 0 Å². The number of allylic oxidation sites excluding steroid dienone is 1. The largest absolute Gasteiger partial charge is 0.394 e. The quantitative estimate of drug-likeness (QED) is 0.0298. The van der Waals surface area contributed by atoms with E-state index in [4.69, 9.17) is 47.4 Å². The summed E-state index contributed by atoms with van der Waals surface area (Å²) in [6, 6.07) is -1.05. The number of hydrogen-bond acceptors (Lipinski definition) is 27. The van der Waals surface area contributed by atoms with Crippen molar-refractivity contribution >= 4 is 5.91 Å². The molecule has 0 spiro atoms. The molecular weight excluding hydrogens is 1260 g/mol. The SMILES string of the molecule is CCCCCCCCCCCCC/C=C/[C@@H](O)[C@H](CO[C@@H]1OC(CO)[C@@H](O[C@@H]2OC(CO)[C@H](O[C@@H]3OC(CO)[C@H](O)[C@H](O[C@@H]4OC(CO)[C@H](O)[C@H](O)C4O)C3C)[C@H](OC3C[C@@H](O)[C@@H](C)C([C@H](O)[C@H](O)CO)O3)C2O)[C@H](O)C1O)NC(=O)CCCCCCCCCCCCCCC. The Kier molecular flexibility index (Phi) is 40.6. The third-order valence-electron chi connectivity index (χ3n) is 19.6. The molecule has 1 amide bonds. The molecular formula is C68H125NO27. The highest BCUT2D eigenvalue weighted by Gasteiger charge is 2.57. The first kappa shape index (κ1) is 84.8. The van der Waals surface area contributed by atoms with Gasteiger partial charge >= 0.3 is 0 Å². The van der Waals surface area contributed by atoms with Gasteiger partial charge < -0.3 is 134 Å². The molecule has 96 heavy (non-hydrogen) atoms. The van der Waals surface area contributed by atoms with Crippen LogP contribution in [0.1, 0.15) is 201 Å². The third kappa shape index (κ3) is 26.1. The predicted molar refractivity (Wildman–Crippen MR) is 346 cm³/mol. The van der Waals surface area contributed by atoms with Crippen LogP contribution in [0.5, 0.6) is 0 Å². The fourth-order valence-electron chi connectivity index (χ4n) is 13.3. The highest BCUT2D eigenvalue weighted by atomic mass is 16.8.